The third-order valence-corrected chi connectivity index (χ3v) is 3.28. The predicted octanol–water partition coefficient (Wildman–Crippen LogP) is 0.975. The fourth-order valence-electron chi connectivity index (χ4n) is 1.72. The van der Waals surface area contributed by atoms with Crippen molar-refractivity contribution in [3.8, 4) is 0 Å². The van der Waals surface area contributed by atoms with Gasteiger partial charge in [0.2, 0.25) is 0 Å². The van der Waals surface area contributed by atoms with Crippen molar-refractivity contribution in [1.82, 2.24) is 9.88 Å². The molecule has 2 heterocycles. The molecular formula is C10H15N3O2S. The van der Waals surface area contributed by atoms with Crippen LogP contribution in [0.4, 0.5) is 5.13 Å². The van der Waals surface area contributed by atoms with Crippen LogP contribution in [0.1, 0.15) is 24.3 Å². The van der Waals surface area contributed by atoms with E-state index in [4.69, 9.17) is 10.5 Å². The molecule has 16 heavy (non-hydrogen) atoms. The van der Waals surface area contributed by atoms with Gasteiger partial charge in [-0.2, -0.15) is 0 Å². The largest absolute Gasteiger partial charge is 0.375 e. The van der Waals surface area contributed by atoms with Gasteiger partial charge in [0.15, 0.2) is 5.13 Å². The Labute approximate surface area is 98.2 Å². The minimum atomic E-state index is -0.0596. The lowest BCUT2D eigenvalue weighted by atomic mass is 10.2. The SMILES string of the molecule is CC1CN(C(=O)c2csc(N)n2)C(C)CO1. The number of amides is 1. The highest BCUT2D eigenvalue weighted by Gasteiger charge is 2.29. The molecule has 2 N–H and O–H groups in total. The lowest BCUT2D eigenvalue weighted by molar-refractivity contribution is -0.0388. The summed E-state index contributed by atoms with van der Waals surface area (Å²) in [5, 5.41) is 2.13. The summed E-state index contributed by atoms with van der Waals surface area (Å²) in [7, 11) is 0. The van der Waals surface area contributed by atoms with Gasteiger partial charge in [0.25, 0.3) is 5.91 Å². The van der Waals surface area contributed by atoms with Crippen LogP contribution in [-0.4, -0.2) is 41.1 Å². The second-order valence-electron chi connectivity index (χ2n) is 4.02. The van der Waals surface area contributed by atoms with E-state index in [1.54, 1.807) is 10.3 Å². The molecule has 6 heteroatoms. The van der Waals surface area contributed by atoms with E-state index < -0.39 is 0 Å². The van der Waals surface area contributed by atoms with Crippen molar-refractivity contribution < 1.29 is 9.53 Å². The average Bonchev–Trinajstić information content (AvgIpc) is 2.67. The zero-order valence-corrected chi connectivity index (χ0v) is 10.2. The van der Waals surface area contributed by atoms with Crippen molar-refractivity contribution >= 4 is 22.4 Å². The molecule has 1 fully saturated rings. The number of aromatic nitrogens is 1. The quantitative estimate of drug-likeness (QED) is 0.795. The summed E-state index contributed by atoms with van der Waals surface area (Å²) in [5.74, 6) is -0.0596. The van der Waals surface area contributed by atoms with E-state index in [2.05, 4.69) is 4.98 Å². The topological polar surface area (TPSA) is 68.5 Å². The van der Waals surface area contributed by atoms with Crippen molar-refractivity contribution in [2.45, 2.75) is 26.0 Å². The van der Waals surface area contributed by atoms with E-state index in [0.717, 1.165) is 0 Å². The highest BCUT2D eigenvalue weighted by atomic mass is 32.1. The maximum absolute atomic E-state index is 12.1. The van der Waals surface area contributed by atoms with Gasteiger partial charge >= 0.3 is 0 Å². The second-order valence-corrected chi connectivity index (χ2v) is 4.91. The first-order valence-corrected chi connectivity index (χ1v) is 6.09. The third-order valence-electron chi connectivity index (χ3n) is 2.61. The van der Waals surface area contributed by atoms with Crippen LogP contribution >= 0.6 is 11.3 Å². The van der Waals surface area contributed by atoms with Crippen molar-refractivity contribution in [3.05, 3.63) is 11.1 Å². The Kier molecular flexibility index (Phi) is 3.11. The van der Waals surface area contributed by atoms with Gasteiger partial charge in [0, 0.05) is 11.9 Å². The Morgan fingerprint density at radius 2 is 2.44 bits per heavy atom. The van der Waals surface area contributed by atoms with Crippen LogP contribution in [-0.2, 0) is 4.74 Å². The van der Waals surface area contributed by atoms with E-state index in [1.807, 2.05) is 13.8 Å². The molecule has 1 aliphatic heterocycles. The Morgan fingerprint density at radius 1 is 1.69 bits per heavy atom. The van der Waals surface area contributed by atoms with Crippen molar-refractivity contribution in [3.63, 3.8) is 0 Å². The first kappa shape index (κ1) is 11.3. The molecule has 0 bridgehead atoms. The van der Waals surface area contributed by atoms with Gasteiger partial charge in [-0.1, -0.05) is 0 Å². The Hall–Kier alpha value is -1.14. The van der Waals surface area contributed by atoms with Crippen molar-refractivity contribution in [1.29, 1.82) is 0 Å². The predicted molar refractivity (Wildman–Crippen MR) is 62.4 cm³/mol. The molecule has 1 amide bonds. The summed E-state index contributed by atoms with van der Waals surface area (Å²) in [6, 6.07) is 0.0895. The van der Waals surface area contributed by atoms with Gasteiger partial charge in [-0.05, 0) is 13.8 Å². The fourth-order valence-corrected chi connectivity index (χ4v) is 2.26. The number of carbonyl (C=O) groups is 1. The Balaban J connectivity index is 2.14. The Bertz CT molecular complexity index is 393. The number of anilines is 1. The van der Waals surface area contributed by atoms with Crippen molar-refractivity contribution in [2.24, 2.45) is 0 Å². The summed E-state index contributed by atoms with van der Waals surface area (Å²) >= 11 is 1.29. The number of morpholine rings is 1. The second kappa shape index (κ2) is 4.39. The zero-order valence-electron chi connectivity index (χ0n) is 9.34. The zero-order chi connectivity index (χ0) is 11.7. The molecule has 88 valence electrons. The standard InChI is InChI=1S/C10H15N3O2S/c1-6-4-15-7(2)3-13(6)9(14)8-5-16-10(11)12-8/h5-7H,3-4H2,1-2H3,(H2,11,12). The number of nitrogen functional groups attached to an aromatic ring is 1. The number of hydrogen-bond acceptors (Lipinski definition) is 5. The molecule has 1 saturated heterocycles. The highest BCUT2D eigenvalue weighted by Crippen LogP contribution is 2.18. The van der Waals surface area contributed by atoms with E-state index in [1.165, 1.54) is 11.3 Å². The number of carbonyl (C=O) groups excluding carboxylic acids is 1. The minimum Gasteiger partial charge on any atom is -0.375 e. The van der Waals surface area contributed by atoms with Crippen LogP contribution in [0.2, 0.25) is 0 Å². The number of thiazole rings is 1. The Morgan fingerprint density at radius 3 is 3.06 bits per heavy atom. The maximum atomic E-state index is 12.1. The molecule has 2 rings (SSSR count). The average molecular weight is 241 g/mol. The van der Waals surface area contributed by atoms with Crippen LogP contribution in [0.25, 0.3) is 0 Å². The lowest BCUT2D eigenvalue weighted by Gasteiger charge is -2.36. The molecule has 2 unspecified atom stereocenters. The van der Waals surface area contributed by atoms with Gasteiger partial charge in [-0.3, -0.25) is 4.79 Å². The van der Waals surface area contributed by atoms with Crippen LogP contribution in [0.3, 0.4) is 0 Å². The van der Waals surface area contributed by atoms with Crippen LogP contribution in [0.15, 0.2) is 5.38 Å². The molecule has 0 aliphatic carbocycles. The highest BCUT2D eigenvalue weighted by molar-refractivity contribution is 7.13. The molecule has 5 nitrogen and oxygen atoms in total. The number of nitrogens with zero attached hydrogens (tertiary/aromatic N) is 2. The van der Waals surface area contributed by atoms with E-state index >= 15 is 0 Å². The van der Waals surface area contributed by atoms with Gasteiger partial charge in [-0.15, -0.1) is 11.3 Å². The van der Waals surface area contributed by atoms with Gasteiger partial charge in [0.05, 0.1) is 18.8 Å². The minimum absolute atomic E-state index is 0.0596. The van der Waals surface area contributed by atoms with Crippen molar-refractivity contribution in [2.75, 3.05) is 18.9 Å². The number of rotatable bonds is 1. The normalized spacial score (nSPS) is 25.8. The molecular weight excluding hydrogens is 226 g/mol. The number of nitrogens with two attached hydrogens (primary N) is 1. The molecule has 2 atom stereocenters. The molecule has 0 aromatic carbocycles. The summed E-state index contributed by atoms with van der Waals surface area (Å²) < 4.78 is 5.48. The van der Waals surface area contributed by atoms with Crippen LogP contribution < -0.4 is 5.73 Å². The molecule has 1 aromatic rings. The van der Waals surface area contributed by atoms with E-state index in [0.29, 0.717) is 24.0 Å². The van der Waals surface area contributed by atoms with Gasteiger partial charge in [0.1, 0.15) is 5.69 Å². The van der Waals surface area contributed by atoms with E-state index in [9.17, 15) is 4.79 Å². The molecule has 1 aromatic heterocycles. The maximum Gasteiger partial charge on any atom is 0.273 e. The summed E-state index contributed by atoms with van der Waals surface area (Å²) in [6.45, 7) is 5.12. The summed E-state index contributed by atoms with van der Waals surface area (Å²) in [5.41, 5.74) is 5.95. The molecule has 0 saturated carbocycles. The summed E-state index contributed by atoms with van der Waals surface area (Å²) in [4.78, 5) is 17.9. The molecule has 1 aliphatic rings. The van der Waals surface area contributed by atoms with Gasteiger partial charge in [-0.25, -0.2) is 4.98 Å². The number of ether oxygens (including phenoxy) is 1. The number of hydrogen-bond donors (Lipinski definition) is 1. The summed E-state index contributed by atoms with van der Waals surface area (Å²) in [6.07, 6.45) is 0.0798. The monoisotopic (exact) mass is 241 g/mol. The first-order valence-electron chi connectivity index (χ1n) is 5.21. The van der Waals surface area contributed by atoms with Crippen LogP contribution in [0, 0.1) is 0 Å². The smallest absolute Gasteiger partial charge is 0.273 e. The van der Waals surface area contributed by atoms with E-state index in [-0.39, 0.29) is 18.1 Å². The molecule has 0 radical (unpaired) electrons. The third kappa shape index (κ3) is 2.17. The van der Waals surface area contributed by atoms with Crippen LogP contribution in [0.5, 0.6) is 0 Å². The first-order chi connectivity index (χ1) is 7.58. The van der Waals surface area contributed by atoms with Gasteiger partial charge < -0.3 is 15.4 Å². The lowest BCUT2D eigenvalue weighted by Crippen LogP contribution is -2.50. The fraction of sp³-hybridized carbons (Fsp3) is 0.600. The molecule has 0 spiro atoms.